The molecule has 2 heterocycles. The van der Waals surface area contributed by atoms with Gasteiger partial charge in [0.15, 0.2) is 5.54 Å². The van der Waals surface area contributed by atoms with Crippen LogP contribution >= 0.6 is 23.5 Å². The molecule has 0 amide bonds. The molecular formula is C12H12N2OS2. The lowest BCUT2D eigenvalue weighted by atomic mass is 9.92. The minimum absolute atomic E-state index is 0.575. The van der Waals surface area contributed by atoms with E-state index in [-0.39, 0.29) is 0 Å². The lowest BCUT2D eigenvalue weighted by Gasteiger charge is -2.29. The van der Waals surface area contributed by atoms with Crippen LogP contribution in [0, 0.1) is 0 Å². The Morgan fingerprint density at radius 3 is 2.71 bits per heavy atom. The van der Waals surface area contributed by atoms with Crippen molar-refractivity contribution >= 4 is 34.1 Å². The van der Waals surface area contributed by atoms with E-state index >= 15 is 0 Å². The lowest BCUT2D eigenvalue weighted by Crippen LogP contribution is -2.39. The number of aliphatic imine (C=N–C) groups is 2. The highest BCUT2D eigenvalue weighted by atomic mass is 32.2. The first-order valence-electron chi connectivity index (χ1n) is 5.44. The molecule has 1 N–H and O–H groups in total. The molecule has 2 unspecified atom stereocenters. The Bertz CT molecular complexity index is 475. The van der Waals surface area contributed by atoms with Crippen LogP contribution in [0.25, 0.3) is 0 Å². The molecule has 2 aliphatic rings. The van der Waals surface area contributed by atoms with Crippen LogP contribution in [-0.4, -0.2) is 33.4 Å². The first-order chi connectivity index (χ1) is 8.34. The zero-order chi connectivity index (χ0) is 11.7. The van der Waals surface area contributed by atoms with Crippen molar-refractivity contribution in [3.05, 3.63) is 35.9 Å². The van der Waals surface area contributed by atoms with Crippen molar-refractivity contribution in [2.24, 2.45) is 9.98 Å². The Morgan fingerprint density at radius 2 is 2.12 bits per heavy atom. The minimum Gasteiger partial charge on any atom is -0.379 e. The normalized spacial score (nSPS) is 31.8. The van der Waals surface area contributed by atoms with Gasteiger partial charge in [0, 0.05) is 12.3 Å². The zero-order valence-electron chi connectivity index (χ0n) is 9.11. The summed E-state index contributed by atoms with van der Waals surface area (Å²) in [6.45, 7) is 0.821. The highest BCUT2D eigenvalue weighted by Crippen LogP contribution is 2.44. The molecule has 1 aromatic rings. The van der Waals surface area contributed by atoms with E-state index in [2.05, 4.69) is 9.98 Å². The third kappa shape index (κ3) is 1.73. The summed E-state index contributed by atoms with van der Waals surface area (Å²) >= 11 is 3.06. The van der Waals surface area contributed by atoms with E-state index in [9.17, 15) is 5.11 Å². The second kappa shape index (κ2) is 4.48. The second-order valence-electron chi connectivity index (χ2n) is 3.89. The molecule has 0 saturated heterocycles. The van der Waals surface area contributed by atoms with E-state index < -0.39 is 11.0 Å². The molecule has 3 nitrogen and oxygen atoms in total. The van der Waals surface area contributed by atoms with Gasteiger partial charge in [0.05, 0.1) is 5.55 Å². The van der Waals surface area contributed by atoms with Gasteiger partial charge >= 0.3 is 0 Å². The van der Waals surface area contributed by atoms with Crippen molar-refractivity contribution < 1.29 is 5.11 Å². The zero-order valence-corrected chi connectivity index (χ0v) is 10.7. The van der Waals surface area contributed by atoms with E-state index in [0.717, 1.165) is 22.9 Å². The van der Waals surface area contributed by atoms with Crippen molar-refractivity contribution in [1.82, 2.24) is 0 Å². The minimum atomic E-state index is -0.674. The van der Waals surface area contributed by atoms with Crippen molar-refractivity contribution in [2.75, 3.05) is 12.3 Å². The van der Waals surface area contributed by atoms with Crippen LogP contribution in [0.5, 0.6) is 0 Å². The number of nitrogens with zero attached hydrogens (tertiary/aromatic N) is 2. The van der Waals surface area contributed by atoms with E-state index in [4.69, 9.17) is 0 Å². The van der Waals surface area contributed by atoms with Crippen LogP contribution in [0.15, 0.2) is 40.3 Å². The van der Waals surface area contributed by atoms with Gasteiger partial charge in [-0.3, -0.25) is 9.98 Å². The number of benzene rings is 1. The number of rotatable bonds is 2. The highest BCUT2D eigenvalue weighted by molar-refractivity contribution is 8.15. The molecule has 0 radical (unpaired) electrons. The molecule has 0 fully saturated rings. The Morgan fingerprint density at radius 1 is 1.29 bits per heavy atom. The van der Waals surface area contributed by atoms with Gasteiger partial charge in [-0.25, -0.2) is 0 Å². The summed E-state index contributed by atoms with van der Waals surface area (Å²) in [5, 5.41) is 11.2. The van der Waals surface area contributed by atoms with Crippen LogP contribution in [0.1, 0.15) is 5.56 Å². The molecule has 0 aliphatic carbocycles. The molecule has 0 saturated carbocycles. The van der Waals surface area contributed by atoms with Crippen LogP contribution in [-0.2, 0) is 5.54 Å². The standard InChI is InChI=1S/C12H12N2OS2/c15-11-12(14-8-17-11,10-13-6-7-16-10)9-4-2-1-3-5-9/h1-5,8,11,15H,6-7H2. The molecule has 5 heteroatoms. The molecule has 0 aromatic heterocycles. The summed E-state index contributed by atoms with van der Waals surface area (Å²) in [7, 11) is 0. The Kier molecular flexibility index (Phi) is 2.98. The van der Waals surface area contributed by atoms with Crippen LogP contribution in [0.2, 0.25) is 0 Å². The molecular weight excluding hydrogens is 252 g/mol. The molecule has 0 bridgehead atoms. The van der Waals surface area contributed by atoms with Crippen LogP contribution < -0.4 is 0 Å². The van der Waals surface area contributed by atoms with Crippen molar-refractivity contribution in [1.29, 1.82) is 0 Å². The van der Waals surface area contributed by atoms with Gasteiger partial charge in [-0.05, 0) is 5.56 Å². The quantitative estimate of drug-likeness (QED) is 0.890. The Balaban J connectivity index is 2.12. The maximum absolute atomic E-state index is 10.3. The van der Waals surface area contributed by atoms with Gasteiger partial charge in [0.25, 0.3) is 0 Å². The lowest BCUT2D eigenvalue weighted by molar-refractivity contribution is 0.212. The predicted octanol–water partition coefficient (Wildman–Crippen LogP) is 2.12. The Hall–Kier alpha value is -0.780. The summed E-state index contributed by atoms with van der Waals surface area (Å²) in [6.07, 6.45) is 0. The maximum Gasteiger partial charge on any atom is 0.169 e. The molecule has 88 valence electrons. The molecule has 0 spiro atoms. The third-order valence-electron chi connectivity index (χ3n) is 2.93. The maximum atomic E-state index is 10.3. The monoisotopic (exact) mass is 264 g/mol. The fraction of sp³-hybridized carbons (Fsp3) is 0.333. The number of thioether (sulfide) groups is 2. The average Bonchev–Trinajstić information content (AvgIpc) is 3.00. The van der Waals surface area contributed by atoms with E-state index in [0.29, 0.717) is 0 Å². The number of hydrogen-bond acceptors (Lipinski definition) is 5. The summed E-state index contributed by atoms with van der Waals surface area (Å²) in [6, 6.07) is 9.94. The predicted molar refractivity (Wildman–Crippen MR) is 75.0 cm³/mol. The largest absolute Gasteiger partial charge is 0.379 e. The number of aliphatic hydroxyl groups is 1. The summed E-state index contributed by atoms with van der Waals surface area (Å²) < 4.78 is 0. The fourth-order valence-corrected chi connectivity index (χ4v) is 4.08. The number of aliphatic hydroxyl groups excluding tert-OH is 1. The third-order valence-corrected chi connectivity index (χ3v) is 4.86. The van der Waals surface area contributed by atoms with Crippen molar-refractivity contribution in [3.8, 4) is 0 Å². The van der Waals surface area contributed by atoms with Crippen molar-refractivity contribution in [3.63, 3.8) is 0 Å². The Labute approximate surface area is 108 Å². The summed E-state index contributed by atoms with van der Waals surface area (Å²) in [5.74, 6) is 0.983. The van der Waals surface area contributed by atoms with Crippen LogP contribution in [0.3, 0.4) is 0 Å². The van der Waals surface area contributed by atoms with Gasteiger partial charge in [-0.2, -0.15) is 0 Å². The highest BCUT2D eigenvalue weighted by Gasteiger charge is 2.48. The SMILES string of the molecule is OC1SC=NC1(C1=NCCS1)c1ccccc1. The van der Waals surface area contributed by atoms with E-state index in [1.54, 1.807) is 17.3 Å². The molecule has 3 rings (SSSR count). The van der Waals surface area contributed by atoms with Gasteiger partial charge in [-0.15, -0.1) is 11.8 Å². The average molecular weight is 264 g/mol. The summed E-state index contributed by atoms with van der Waals surface area (Å²) in [4.78, 5) is 9.05. The van der Waals surface area contributed by atoms with Crippen LogP contribution in [0.4, 0.5) is 0 Å². The smallest absolute Gasteiger partial charge is 0.169 e. The second-order valence-corrected chi connectivity index (χ2v) is 5.90. The topological polar surface area (TPSA) is 45.0 Å². The molecule has 2 atom stereocenters. The number of hydrogen-bond donors (Lipinski definition) is 1. The van der Waals surface area contributed by atoms with Gasteiger partial charge in [-0.1, -0.05) is 42.1 Å². The fourth-order valence-electron chi connectivity index (χ4n) is 2.09. The molecule has 17 heavy (non-hydrogen) atoms. The van der Waals surface area contributed by atoms with E-state index in [1.807, 2.05) is 30.3 Å². The summed E-state index contributed by atoms with van der Waals surface area (Å²) in [5.41, 5.74) is 1.50. The molecule has 2 aliphatic heterocycles. The van der Waals surface area contributed by atoms with Gasteiger partial charge in [0.2, 0.25) is 0 Å². The molecule has 1 aromatic carbocycles. The van der Waals surface area contributed by atoms with Crippen molar-refractivity contribution in [2.45, 2.75) is 11.0 Å². The van der Waals surface area contributed by atoms with Gasteiger partial charge in [0.1, 0.15) is 10.5 Å². The first-order valence-corrected chi connectivity index (χ1v) is 7.37. The van der Waals surface area contributed by atoms with E-state index in [1.165, 1.54) is 11.8 Å². The van der Waals surface area contributed by atoms with Gasteiger partial charge < -0.3 is 5.11 Å². The first kappa shape index (κ1) is 11.3.